The lowest BCUT2D eigenvalue weighted by Crippen LogP contribution is -2.21. The normalized spacial score (nSPS) is 12.2. The second-order valence-electron chi connectivity index (χ2n) is 14.6. The Morgan fingerprint density at radius 1 is 0.778 bits per heavy atom. The zero-order valence-corrected chi connectivity index (χ0v) is 38.0. The summed E-state index contributed by atoms with van der Waals surface area (Å²) in [5.74, 6) is -1.93. The third-order valence-corrected chi connectivity index (χ3v) is 14.8. The van der Waals surface area contributed by atoms with E-state index in [9.17, 15) is 30.6 Å². The largest absolute Gasteiger partial charge is 0.497 e. The number of pyridine rings is 1. The van der Waals surface area contributed by atoms with Crippen molar-refractivity contribution in [1.29, 1.82) is 0 Å². The van der Waals surface area contributed by atoms with E-state index in [0.717, 1.165) is 38.4 Å². The number of rotatable bonds is 19. The number of aryl methyl sites for hydroxylation is 4. The van der Waals surface area contributed by atoms with Crippen molar-refractivity contribution in [2.24, 2.45) is 0 Å². The average Bonchev–Trinajstić information content (AvgIpc) is 3.66. The minimum Gasteiger partial charge on any atom is -0.497 e. The third kappa shape index (κ3) is 10.9. The lowest BCUT2D eigenvalue weighted by molar-refractivity contribution is -0.145. The van der Waals surface area contributed by atoms with Gasteiger partial charge in [-0.3, -0.25) is 9.19 Å². The fraction of sp³-hybridized carbons (Fsp3) is 0.289. The van der Waals surface area contributed by atoms with Crippen LogP contribution in [-0.4, -0.2) is 86.7 Å². The van der Waals surface area contributed by atoms with E-state index in [1.54, 1.807) is 31.3 Å². The maximum absolute atomic E-state index is 14.8. The molecule has 0 radical (unpaired) electrons. The van der Waals surface area contributed by atoms with Gasteiger partial charge in [0, 0.05) is 23.4 Å². The second kappa shape index (κ2) is 19.9. The summed E-state index contributed by atoms with van der Waals surface area (Å²) in [4.78, 5) is 35.1. The van der Waals surface area contributed by atoms with Gasteiger partial charge in [-0.25, -0.2) is 35.4 Å². The van der Waals surface area contributed by atoms with E-state index in [-0.39, 0.29) is 44.8 Å². The number of carbonyl (C=O) groups excluding carboxylic acids is 2. The summed E-state index contributed by atoms with van der Waals surface area (Å²) in [5.41, 5.74) is 4.74. The van der Waals surface area contributed by atoms with Gasteiger partial charge in [0.2, 0.25) is 5.16 Å². The van der Waals surface area contributed by atoms with Crippen molar-refractivity contribution in [3.05, 3.63) is 130 Å². The fourth-order valence-corrected chi connectivity index (χ4v) is 10.7. The first-order valence-corrected chi connectivity index (χ1v) is 24.1. The Morgan fingerprint density at radius 2 is 1.46 bits per heavy atom. The number of carbonyl (C=O) groups is 2. The quantitative estimate of drug-likeness (QED) is 0.0638. The van der Waals surface area contributed by atoms with Crippen LogP contribution in [-0.2, 0) is 57.1 Å². The molecule has 18 heteroatoms. The molecule has 0 spiro atoms. The van der Waals surface area contributed by atoms with Crippen LogP contribution in [0.4, 0.5) is 0 Å². The molecule has 15 nitrogen and oxygen atoms in total. The summed E-state index contributed by atoms with van der Waals surface area (Å²) in [6, 6.07) is 22.1. The number of ether oxygens (including phenoxy) is 5. The Labute approximate surface area is 368 Å². The van der Waals surface area contributed by atoms with Crippen molar-refractivity contribution >= 4 is 53.6 Å². The minimum atomic E-state index is -4.72. The minimum absolute atomic E-state index is 0.0348. The van der Waals surface area contributed by atoms with E-state index >= 15 is 0 Å². The molecule has 0 saturated heterocycles. The molecule has 0 aliphatic rings. The van der Waals surface area contributed by atoms with E-state index < -0.39 is 66.5 Å². The Bertz CT molecular complexity index is 2900. The van der Waals surface area contributed by atoms with Gasteiger partial charge in [-0.05, 0) is 88.6 Å². The van der Waals surface area contributed by atoms with Crippen LogP contribution in [0.2, 0.25) is 0 Å². The summed E-state index contributed by atoms with van der Waals surface area (Å²) in [6.45, 7) is 6.13. The number of esters is 2. The zero-order chi connectivity index (χ0) is 45.5. The van der Waals surface area contributed by atoms with Gasteiger partial charge in [-0.15, -0.1) is 0 Å². The lowest BCUT2D eigenvalue weighted by atomic mass is 10.1. The molecule has 0 saturated carbocycles. The van der Waals surface area contributed by atoms with Gasteiger partial charge in [0.1, 0.15) is 29.4 Å². The van der Waals surface area contributed by atoms with Crippen LogP contribution < -0.4 is 14.2 Å². The molecular formula is C45H47N3O12S3. The molecule has 6 aromatic rings. The molecule has 6 rings (SSSR count). The van der Waals surface area contributed by atoms with Gasteiger partial charge in [0.25, 0.3) is 10.0 Å². The number of hydrogen-bond donors (Lipinski definition) is 0. The highest BCUT2D eigenvalue weighted by Gasteiger charge is 2.31. The van der Waals surface area contributed by atoms with Crippen LogP contribution in [0.25, 0.3) is 11.0 Å². The maximum atomic E-state index is 14.8. The highest BCUT2D eigenvalue weighted by molar-refractivity contribution is 7.91. The molecule has 2 aromatic heterocycles. The predicted octanol–water partition coefficient (Wildman–Crippen LogP) is 6.41. The van der Waals surface area contributed by atoms with Gasteiger partial charge in [0.15, 0.2) is 16.4 Å². The van der Waals surface area contributed by atoms with Gasteiger partial charge >= 0.3 is 11.9 Å². The molecule has 63 heavy (non-hydrogen) atoms. The Kier molecular flexibility index (Phi) is 14.7. The molecule has 1 unspecified atom stereocenters. The van der Waals surface area contributed by atoms with Crippen molar-refractivity contribution in [2.45, 2.75) is 61.2 Å². The van der Waals surface area contributed by atoms with Gasteiger partial charge in [0.05, 0.1) is 69.7 Å². The first-order valence-electron chi connectivity index (χ1n) is 19.7. The molecule has 2 heterocycles. The highest BCUT2D eigenvalue weighted by atomic mass is 32.2. The first kappa shape index (κ1) is 46.4. The van der Waals surface area contributed by atoms with Crippen molar-refractivity contribution in [1.82, 2.24) is 13.9 Å². The number of imidazole rings is 1. The van der Waals surface area contributed by atoms with Crippen LogP contribution in [0.3, 0.4) is 0 Å². The van der Waals surface area contributed by atoms with Gasteiger partial charge in [-0.2, -0.15) is 0 Å². The number of fused-ring (bicyclic) bond motifs is 1. The number of hydrogen-bond acceptors (Lipinski definition) is 14. The standard InChI is InChI=1S/C45H47N3O12S3/c1-29-9-13-33(14-10-29)8-7-21-59-44(50)37-25-36(18-20-41(37)60-27-42(49)58-22-23-62(52,53)35-16-11-30(2)12-17-35)63(54,55)48-40-24-34(56-5)15-19-38(40)47-45(48)61(51)28-39-32(4)43(57-6)31(3)26-46-39/h9-20,24-26H,7-8,21-23,27-28H2,1-6H3. The van der Waals surface area contributed by atoms with E-state index in [1.807, 2.05) is 45.0 Å². The number of sulfone groups is 1. The van der Waals surface area contributed by atoms with Crippen LogP contribution >= 0.6 is 0 Å². The van der Waals surface area contributed by atoms with Crippen LogP contribution in [0.5, 0.6) is 17.2 Å². The van der Waals surface area contributed by atoms with E-state index in [0.29, 0.717) is 35.6 Å². The topological polar surface area (TPSA) is 196 Å². The maximum Gasteiger partial charge on any atom is 0.344 e. The molecule has 0 fully saturated rings. The molecule has 4 aromatic carbocycles. The zero-order valence-electron chi connectivity index (χ0n) is 35.6. The Morgan fingerprint density at radius 3 is 2.14 bits per heavy atom. The molecule has 332 valence electrons. The molecule has 0 bridgehead atoms. The van der Waals surface area contributed by atoms with Crippen LogP contribution in [0.15, 0.2) is 106 Å². The van der Waals surface area contributed by atoms with Gasteiger partial charge < -0.3 is 23.7 Å². The van der Waals surface area contributed by atoms with Crippen LogP contribution in [0.1, 0.15) is 50.3 Å². The summed E-state index contributed by atoms with van der Waals surface area (Å²) in [7, 11) is -7.64. The van der Waals surface area contributed by atoms with E-state index in [2.05, 4.69) is 9.97 Å². The summed E-state index contributed by atoms with van der Waals surface area (Å²) in [5, 5.41) is -0.313. The third-order valence-electron chi connectivity index (χ3n) is 10.0. The van der Waals surface area contributed by atoms with Crippen LogP contribution in [0, 0.1) is 27.7 Å². The smallest absolute Gasteiger partial charge is 0.344 e. The molecular weight excluding hydrogens is 871 g/mol. The molecule has 0 N–H and O–H groups in total. The van der Waals surface area contributed by atoms with Crippen molar-refractivity contribution in [3.63, 3.8) is 0 Å². The van der Waals surface area contributed by atoms with Gasteiger partial charge in [-0.1, -0.05) is 47.5 Å². The highest BCUT2D eigenvalue weighted by Crippen LogP contribution is 2.32. The second-order valence-corrected chi connectivity index (χ2v) is 19.8. The lowest BCUT2D eigenvalue weighted by Gasteiger charge is -2.15. The predicted molar refractivity (Wildman–Crippen MR) is 235 cm³/mol. The average molecular weight is 918 g/mol. The Balaban J connectivity index is 1.30. The number of nitrogens with zero attached hydrogens (tertiary/aromatic N) is 3. The molecule has 0 amide bonds. The molecule has 0 aliphatic heterocycles. The van der Waals surface area contributed by atoms with Crippen molar-refractivity contribution in [3.8, 4) is 17.2 Å². The number of benzene rings is 4. The fourth-order valence-electron chi connectivity index (χ4n) is 6.56. The molecule has 0 aliphatic carbocycles. The monoisotopic (exact) mass is 917 g/mol. The molecule has 1 atom stereocenters. The summed E-state index contributed by atoms with van der Waals surface area (Å²) >= 11 is 0. The van der Waals surface area contributed by atoms with Crippen molar-refractivity contribution in [2.75, 3.05) is 39.8 Å². The van der Waals surface area contributed by atoms with E-state index in [1.165, 1.54) is 44.6 Å². The summed E-state index contributed by atoms with van der Waals surface area (Å²) < 4.78 is 97.5. The SMILES string of the molecule is COc1ccc2nc(S(=O)Cc3ncc(C)c(OC)c3C)n(S(=O)(=O)c3ccc(OCC(=O)OCCS(=O)(=O)c4ccc(C)cc4)c(C(=O)OCCCc4ccc(C)cc4)c3)c2c1. The van der Waals surface area contributed by atoms with E-state index in [4.69, 9.17) is 23.7 Å². The summed E-state index contributed by atoms with van der Waals surface area (Å²) in [6.07, 6.45) is 2.62. The Hall–Kier alpha value is -6.11. The first-order chi connectivity index (χ1) is 30.0. The number of aromatic nitrogens is 3. The van der Waals surface area contributed by atoms with Crippen molar-refractivity contribution < 1.29 is 54.3 Å². The number of methoxy groups -OCH3 is 2.